The molecule has 0 saturated heterocycles. The summed E-state index contributed by atoms with van der Waals surface area (Å²) in [7, 11) is 0. The molecule has 0 spiro atoms. The number of amides is 1. The molecular weight excluding hydrogens is 222 g/mol. The number of rotatable bonds is 3. The fraction of sp³-hybridized carbons (Fsp3) is 0.583. The number of carbonyl (C=O) groups is 1. The van der Waals surface area contributed by atoms with Crippen molar-refractivity contribution in [2.75, 3.05) is 6.54 Å². The molecule has 0 bridgehead atoms. The molecule has 1 amide bonds. The number of aryl methyl sites for hydroxylation is 2. The van der Waals surface area contributed by atoms with Crippen LogP contribution in [-0.4, -0.2) is 23.2 Å². The number of aliphatic hydroxyl groups is 1. The van der Waals surface area contributed by atoms with Crippen molar-refractivity contribution in [2.24, 2.45) is 0 Å². The quantitative estimate of drug-likeness (QED) is 0.844. The number of carbonyl (C=O) groups excluding carboxylic acids is 1. The lowest BCUT2D eigenvalue weighted by molar-refractivity contribution is 0.0696. The van der Waals surface area contributed by atoms with E-state index >= 15 is 0 Å². The van der Waals surface area contributed by atoms with Crippen LogP contribution in [0.1, 0.15) is 40.4 Å². The number of thiophene rings is 1. The molecule has 0 unspecified atom stereocenters. The van der Waals surface area contributed by atoms with E-state index in [1.165, 1.54) is 16.9 Å². The van der Waals surface area contributed by atoms with E-state index in [9.17, 15) is 9.90 Å². The van der Waals surface area contributed by atoms with Crippen molar-refractivity contribution in [1.29, 1.82) is 0 Å². The molecule has 0 saturated carbocycles. The van der Waals surface area contributed by atoms with Gasteiger partial charge in [-0.1, -0.05) is 0 Å². The van der Waals surface area contributed by atoms with E-state index in [0.29, 0.717) is 0 Å². The molecule has 0 fully saturated rings. The summed E-state index contributed by atoms with van der Waals surface area (Å²) in [5, 5.41) is 12.3. The van der Waals surface area contributed by atoms with Gasteiger partial charge >= 0.3 is 0 Å². The minimum Gasteiger partial charge on any atom is -0.389 e. The Hall–Kier alpha value is -0.870. The first-order valence-electron chi connectivity index (χ1n) is 5.58. The van der Waals surface area contributed by atoms with Crippen molar-refractivity contribution in [3.8, 4) is 0 Å². The number of nitrogens with one attached hydrogen (secondary N) is 1. The maximum atomic E-state index is 11.8. The van der Waals surface area contributed by atoms with Gasteiger partial charge in [-0.3, -0.25) is 4.79 Å². The van der Waals surface area contributed by atoms with E-state index in [1.807, 2.05) is 6.07 Å². The number of fused-ring (bicyclic) bond motifs is 1. The lowest BCUT2D eigenvalue weighted by Crippen LogP contribution is -2.37. The smallest absolute Gasteiger partial charge is 0.261 e. The van der Waals surface area contributed by atoms with E-state index in [2.05, 4.69) is 5.32 Å². The standard InChI is InChI=1S/C12H17NO2S/c1-12(2,15)7-13-11(14)10-6-8-4-3-5-9(8)16-10/h6,15H,3-5,7H2,1-2H3,(H,13,14). The minimum atomic E-state index is -0.852. The highest BCUT2D eigenvalue weighted by Gasteiger charge is 2.20. The molecule has 1 heterocycles. The monoisotopic (exact) mass is 239 g/mol. The Balaban J connectivity index is 1.99. The summed E-state index contributed by atoms with van der Waals surface area (Å²) in [5.41, 5.74) is 0.480. The zero-order valence-corrected chi connectivity index (χ0v) is 10.5. The fourth-order valence-corrected chi connectivity index (χ4v) is 2.99. The third-order valence-electron chi connectivity index (χ3n) is 2.65. The molecule has 1 aliphatic carbocycles. The fourth-order valence-electron chi connectivity index (χ4n) is 1.82. The molecule has 2 rings (SSSR count). The molecule has 0 aliphatic heterocycles. The minimum absolute atomic E-state index is 0.0680. The van der Waals surface area contributed by atoms with Crippen molar-refractivity contribution in [2.45, 2.75) is 38.7 Å². The van der Waals surface area contributed by atoms with Crippen LogP contribution in [-0.2, 0) is 12.8 Å². The lowest BCUT2D eigenvalue weighted by atomic mass is 10.1. The third kappa shape index (κ3) is 2.62. The summed E-state index contributed by atoms with van der Waals surface area (Å²) in [6.07, 6.45) is 3.43. The maximum Gasteiger partial charge on any atom is 0.261 e. The number of hydrogen-bond donors (Lipinski definition) is 2. The van der Waals surface area contributed by atoms with Crippen LogP contribution in [0.3, 0.4) is 0 Å². The molecule has 2 N–H and O–H groups in total. The second-order valence-corrected chi connectivity index (χ2v) is 6.04. The van der Waals surface area contributed by atoms with Gasteiger partial charge in [-0.2, -0.15) is 0 Å². The van der Waals surface area contributed by atoms with Gasteiger partial charge in [0.2, 0.25) is 0 Å². The first-order valence-corrected chi connectivity index (χ1v) is 6.39. The zero-order valence-electron chi connectivity index (χ0n) is 9.67. The highest BCUT2D eigenvalue weighted by molar-refractivity contribution is 7.14. The summed E-state index contributed by atoms with van der Waals surface area (Å²) in [6.45, 7) is 3.65. The first-order chi connectivity index (χ1) is 7.46. The average Bonchev–Trinajstić information content (AvgIpc) is 2.71. The molecule has 1 aromatic heterocycles. The number of hydrogen-bond acceptors (Lipinski definition) is 3. The Morgan fingerprint density at radius 3 is 2.94 bits per heavy atom. The van der Waals surface area contributed by atoms with Crippen LogP contribution in [0.25, 0.3) is 0 Å². The molecule has 0 atom stereocenters. The molecule has 0 aromatic carbocycles. The Morgan fingerprint density at radius 2 is 2.31 bits per heavy atom. The van der Waals surface area contributed by atoms with Gasteiger partial charge in [0, 0.05) is 11.4 Å². The lowest BCUT2D eigenvalue weighted by Gasteiger charge is -2.17. The van der Waals surface area contributed by atoms with Crippen molar-refractivity contribution in [3.63, 3.8) is 0 Å². The van der Waals surface area contributed by atoms with Gasteiger partial charge < -0.3 is 10.4 Å². The van der Waals surface area contributed by atoms with Crippen LogP contribution in [0, 0.1) is 0 Å². The summed E-state index contributed by atoms with van der Waals surface area (Å²) in [4.78, 5) is 13.9. The molecule has 1 aromatic rings. The Labute approximate surface area is 99.5 Å². The van der Waals surface area contributed by atoms with Gasteiger partial charge in [0.05, 0.1) is 10.5 Å². The van der Waals surface area contributed by atoms with Gasteiger partial charge in [-0.15, -0.1) is 11.3 Å². The van der Waals surface area contributed by atoms with Crippen LogP contribution < -0.4 is 5.32 Å². The Bertz CT molecular complexity index is 382. The Morgan fingerprint density at radius 1 is 1.56 bits per heavy atom. The van der Waals surface area contributed by atoms with Crippen LogP contribution in [0.4, 0.5) is 0 Å². The third-order valence-corrected chi connectivity index (χ3v) is 3.89. The molecular formula is C12H17NO2S. The van der Waals surface area contributed by atoms with Gasteiger partial charge in [0.25, 0.3) is 5.91 Å². The van der Waals surface area contributed by atoms with E-state index in [-0.39, 0.29) is 12.5 Å². The van der Waals surface area contributed by atoms with E-state index < -0.39 is 5.60 Å². The predicted molar refractivity (Wildman–Crippen MR) is 65.0 cm³/mol. The van der Waals surface area contributed by atoms with Crippen molar-refractivity contribution in [3.05, 3.63) is 21.4 Å². The van der Waals surface area contributed by atoms with Gasteiger partial charge in [0.1, 0.15) is 0 Å². The van der Waals surface area contributed by atoms with Crippen molar-refractivity contribution < 1.29 is 9.90 Å². The highest BCUT2D eigenvalue weighted by Crippen LogP contribution is 2.30. The van der Waals surface area contributed by atoms with Crippen molar-refractivity contribution in [1.82, 2.24) is 5.32 Å². The summed E-state index contributed by atoms with van der Waals surface area (Å²) in [5.74, 6) is -0.0680. The van der Waals surface area contributed by atoms with E-state index in [4.69, 9.17) is 0 Å². The van der Waals surface area contributed by atoms with Crippen LogP contribution >= 0.6 is 11.3 Å². The van der Waals surface area contributed by atoms with Gasteiger partial charge in [-0.05, 0) is 44.7 Å². The summed E-state index contributed by atoms with van der Waals surface area (Å²) >= 11 is 1.59. The first kappa shape index (κ1) is 11.6. The van der Waals surface area contributed by atoms with Gasteiger partial charge in [-0.25, -0.2) is 0 Å². The van der Waals surface area contributed by atoms with Crippen molar-refractivity contribution >= 4 is 17.2 Å². The topological polar surface area (TPSA) is 49.3 Å². The van der Waals surface area contributed by atoms with Crippen LogP contribution in [0.5, 0.6) is 0 Å². The molecule has 1 aliphatic rings. The molecule has 4 heteroatoms. The molecule has 0 radical (unpaired) electrons. The largest absolute Gasteiger partial charge is 0.389 e. The Kier molecular flexibility index (Phi) is 3.04. The SMILES string of the molecule is CC(C)(O)CNC(=O)c1cc2c(s1)CCC2. The van der Waals surface area contributed by atoms with E-state index in [1.54, 1.807) is 25.2 Å². The van der Waals surface area contributed by atoms with Crippen LogP contribution in [0.15, 0.2) is 6.07 Å². The second-order valence-electron chi connectivity index (χ2n) is 4.91. The highest BCUT2D eigenvalue weighted by atomic mass is 32.1. The zero-order chi connectivity index (χ0) is 11.8. The normalized spacial score (nSPS) is 14.9. The van der Waals surface area contributed by atoms with Crippen LogP contribution in [0.2, 0.25) is 0 Å². The van der Waals surface area contributed by atoms with E-state index in [0.717, 1.165) is 17.7 Å². The van der Waals surface area contributed by atoms with Gasteiger partial charge in [0.15, 0.2) is 0 Å². The average molecular weight is 239 g/mol. The summed E-state index contributed by atoms with van der Waals surface area (Å²) < 4.78 is 0. The second kappa shape index (κ2) is 4.18. The molecule has 16 heavy (non-hydrogen) atoms. The predicted octanol–water partition coefficient (Wildman–Crippen LogP) is 1.74. The molecule has 88 valence electrons. The molecule has 3 nitrogen and oxygen atoms in total. The summed E-state index contributed by atoms with van der Waals surface area (Å²) in [6, 6.07) is 1.99. The maximum absolute atomic E-state index is 11.8.